The molecule has 0 radical (unpaired) electrons. The lowest BCUT2D eigenvalue weighted by Gasteiger charge is -2.15. The van der Waals surface area contributed by atoms with Crippen molar-refractivity contribution in [3.05, 3.63) is 106 Å². The summed E-state index contributed by atoms with van der Waals surface area (Å²) in [4.78, 5) is 33.9. The number of nitrogens with one attached hydrogen (secondary N) is 1. The summed E-state index contributed by atoms with van der Waals surface area (Å²) in [6.45, 7) is 3.71. The van der Waals surface area contributed by atoms with Crippen LogP contribution in [-0.4, -0.2) is 25.0 Å². The first-order valence-corrected chi connectivity index (χ1v) is 11.7. The van der Waals surface area contributed by atoms with Crippen LogP contribution in [-0.2, 0) is 11.3 Å². The van der Waals surface area contributed by atoms with Gasteiger partial charge in [0.15, 0.2) is 5.82 Å². The van der Waals surface area contributed by atoms with Crippen molar-refractivity contribution in [2.24, 2.45) is 0 Å². The highest BCUT2D eigenvalue weighted by Gasteiger charge is 2.15. The Hall–Kier alpha value is -4.66. The number of aromatic nitrogens is 4. The van der Waals surface area contributed by atoms with Crippen LogP contribution in [0.4, 0.5) is 14.6 Å². The van der Waals surface area contributed by atoms with Crippen molar-refractivity contribution < 1.29 is 13.6 Å². The molecule has 5 aromatic rings. The van der Waals surface area contributed by atoms with E-state index >= 15 is 0 Å². The van der Waals surface area contributed by atoms with E-state index in [9.17, 15) is 18.4 Å². The fraction of sp³-hybridized carbons (Fsp3) is 0.143. The van der Waals surface area contributed by atoms with Gasteiger partial charge >= 0.3 is 0 Å². The maximum absolute atomic E-state index is 13.8. The molecule has 0 bridgehead atoms. The fourth-order valence-corrected chi connectivity index (χ4v) is 4.26. The molecule has 3 heterocycles. The fourth-order valence-electron chi connectivity index (χ4n) is 4.26. The predicted octanol–water partition coefficient (Wildman–Crippen LogP) is 5.23. The van der Waals surface area contributed by atoms with E-state index in [4.69, 9.17) is 0 Å². The normalized spacial score (nSPS) is 11.1. The number of anilines is 1. The number of halogens is 2. The summed E-state index contributed by atoms with van der Waals surface area (Å²) in [5, 5.41) is 3.34. The van der Waals surface area contributed by atoms with Gasteiger partial charge in [0.25, 0.3) is 5.56 Å². The minimum Gasteiger partial charge on any atom is -0.315 e. The zero-order valence-electron chi connectivity index (χ0n) is 20.2. The summed E-state index contributed by atoms with van der Waals surface area (Å²) >= 11 is 0. The molecule has 0 aliphatic rings. The van der Waals surface area contributed by atoms with Crippen LogP contribution in [0.15, 0.2) is 78.1 Å². The molecule has 0 saturated heterocycles. The number of amides is 1. The molecule has 0 atom stereocenters. The molecule has 37 heavy (non-hydrogen) atoms. The molecular weight excluding hydrogens is 476 g/mol. The van der Waals surface area contributed by atoms with Crippen molar-refractivity contribution in [1.82, 2.24) is 19.1 Å². The van der Waals surface area contributed by atoms with Gasteiger partial charge in [-0.2, -0.15) is 0 Å². The van der Waals surface area contributed by atoms with Crippen molar-refractivity contribution in [3.8, 4) is 16.9 Å². The number of carbonyl (C=O) groups is 1. The van der Waals surface area contributed by atoms with Gasteiger partial charge in [-0.3, -0.25) is 19.1 Å². The lowest BCUT2D eigenvalue weighted by atomic mass is 10.1. The monoisotopic (exact) mass is 499 g/mol. The van der Waals surface area contributed by atoms with E-state index in [1.54, 1.807) is 37.5 Å². The number of nitrogens with zero attached hydrogens (tertiary/aromatic N) is 4. The molecule has 0 aliphatic carbocycles. The van der Waals surface area contributed by atoms with E-state index in [2.05, 4.69) is 15.3 Å². The quantitative estimate of drug-likeness (QED) is 0.347. The summed E-state index contributed by atoms with van der Waals surface area (Å²) < 4.78 is 30.7. The third kappa shape index (κ3) is 4.75. The van der Waals surface area contributed by atoms with Crippen molar-refractivity contribution >= 4 is 22.6 Å². The molecule has 3 aromatic heterocycles. The van der Waals surface area contributed by atoms with Gasteiger partial charge in [0, 0.05) is 29.8 Å². The predicted molar refractivity (Wildman–Crippen MR) is 138 cm³/mol. The molecule has 1 N–H and O–H groups in total. The Morgan fingerprint density at radius 3 is 2.51 bits per heavy atom. The smallest absolute Gasteiger partial charge is 0.294 e. The van der Waals surface area contributed by atoms with E-state index in [-0.39, 0.29) is 30.5 Å². The minimum atomic E-state index is -0.494. The number of pyridine rings is 1. The van der Waals surface area contributed by atoms with Gasteiger partial charge in [0.1, 0.15) is 11.6 Å². The number of hydrogen-bond acceptors (Lipinski definition) is 4. The van der Waals surface area contributed by atoms with Crippen LogP contribution in [0.1, 0.15) is 24.5 Å². The Kier molecular flexibility index (Phi) is 6.35. The van der Waals surface area contributed by atoms with E-state index in [1.807, 2.05) is 23.8 Å². The van der Waals surface area contributed by atoms with E-state index in [0.29, 0.717) is 16.8 Å². The van der Waals surface area contributed by atoms with Crippen LogP contribution >= 0.6 is 0 Å². The first kappa shape index (κ1) is 24.1. The second kappa shape index (κ2) is 9.77. The Morgan fingerprint density at radius 2 is 1.76 bits per heavy atom. The molecule has 5 rings (SSSR count). The van der Waals surface area contributed by atoms with E-state index in [0.717, 1.165) is 22.2 Å². The first-order valence-electron chi connectivity index (χ1n) is 11.7. The van der Waals surface area contributed by atoms with Crippen LogP contribution in [0.25, 0.3) is 27.8 Å². The highest BCUT2D eigenvalue weighted by molar-refractivity contribution is 5.89. The average molecular weight is 500 g/mol. The number of carbonyl (C=O) groups excluding carboxylic acids is 1. The van der Waals surface area contributed by atoms with Gasteiger partial charge in [0.2, 0.25) is 5.91 Å². The van der Waals surface area contributed by atoms with Gasteiger partial charge in [0.05, 0.1) is 35.8 Å². The molecule has 0 unspecified atom stereocenters. The van der Waals surface area contributed by atoms with Gasteiger partial charge in [-0.25, -0.2) is 13.8 Å². The highest BCUT2D eigenvalue weighted by Crippen LogP contribution is 2.26. The molecule has 2 aromatic carbocycles. The Labute approximate surface area is 211 Å². The van der Waals surface area contributed by atoms with Crippen molar-refractivity contribution in [2.75, 3.05) is 5.32 Å². The molecular formula is C28H23F2N5O2. The molecule has 7 nitrogen and oxygen atoms in total. The Balaban J connectivity index is 1.60. The maximum atomic E-state index is 13.8. The molecule has 186 valence electrons. The van der Waals surface area contributed by atoms with Crippen LogP contribution in [0, 0.1) is 18.6 Å². The molecule has 0 saturated carbocycles. The minimum absolute atomic E-state index is 0.0871. The largest absolute Gasteiger partial charge is 0.315 e. The number of aryl methyl sites for hydroxylation is 1. The molecule has 9 heteroatoms. The van der Waals surface area contributed by atoms with Gasteiger partial charge in [-0.15, -0.1) is 0 Å². The highest BCUT2D eigenvalue weighted by atomic mass is 19.1. The summed E-state index contributed by atoms with van der Waals surface area (Å²) in [5.41, 5.74) is 3.76. The summed E-state index contributed by atoms with van der Waals surface area (Å²) in [6.07, 6.45) is 6.92. The van der Waals surface area contributed by atoms with Gasteiger partial charge in [-0.1, -0.05) is 6.92 Å². The zero-order chi connectivity index (χ0) is 26.1. The molecule has 1 amide bonds. The standard InChI is InChI=1S/C28H23F2N5O2/c1-3-26(36)33-27-28(37)35(25(14-32-27)19-4-6-20(29)7-5-19)16-18-10-22(13-31-12-18)34-15-17(2)23-11-21(30)8-9-24(23)34/h4-15H,3,16H2,1-2H3,(H,32,33,36). The van der Waals surface area contributed by atoms with Crippen molar-refractivity contribution in [1.29, 1.82) is 0 Å². The number of rotatable bonds is 6. The van der Waals surface area contributed by atoms with Crippen LogP contribution in [0.2, 0.25) is 0 Å². The third-order valence-electron chi connectivity index (χ3n) is 6.14. The lowest BCUT2D eigenvalue weighted by Crippen LogP contribution is -2.28. The molecule has 0 spiro atoms. The van der Waals surface area contributed by atoms with Crippen molar-refractivity contribution in [3.63, 3.8) is 0 Å². The Morgan fingerprint density at radius 1 is 1.00 bits per heavy atom. The summed E-state index contributed by atoms with van der Waals surface area (Å²) in [7, 11) is 0. The number of hydrogen-bond donors (Lipinski definition) is 1. The van der Waals surface area contributed by atoms with Crippen LogP contribution in [0.5, 0.6) is 0 Å². The van der Waals surface area contributed by atoms with Gasteiger partial charge < -0.3 is 9.88 Å². The van der Waals surface area contributed by atoms with E-state index < -0.39 is 11.4 Å². The summed E-state index contributed by atoms with van der Waals surface area (Å²) in [5.74, 6) is -1.13. The molecule has 0 fully saturated rings. The van der Waals surface area contributed by atoms with Gasteiger partial charge in [-0.05, 0) is 66.6 Å². The number of benzene rings is 2. The second-order valence-corrected chi connectivity index (χ2v) is 8.69. The van der Waals surface area contributed by atoms with Crippen LogP contribution < -0.4 is 10.9 Å². The maximum Gasteiger partial charge on any atom is 0.294 e. The SMILES string of the molecule is CCC(=O)Nc1ncc(-c2ccc(F)cc2)n(Cc2cncc(-n3cc(C)c4cc(F)ccc43)c2)c1=O. The Bertz CT molecular complexity index is 1690. The lowest BCUT2D eigenvalue weighted by molar-refractivity contribution is -0.115. The topological polar surface area (TPSA) is 81.8 Å². The molecule has 0 aliphatic heterocycles. The number of fused-ring (bicyclic) bond motifs is 1. The zero-order valence-corrected chi connectivity index (χ0v) is 20.2. The average Bonchev–Trinajstić information content (AvgIpc) is 3.22. The first-order chi connectivity index (χ1) is 17.8. The third-order valence-corrected chi connectivity index (χ3v) is 6.14. The van der Waals surface area contributed by atoms with Crippen LogP contribution in [0.3, 0.4) is 0 Å². The second-order valence-electron chi connectivity index (χ2n) is 8.69. The van der Waals surface area contributed by atoms with E-state index in [1.165, 1.54) is 35.0 Å². The summed E-state index contributed by atoms with van der Waals surface area (Å²) in [6, 6.07) is 12.3. The van der Waals surface area contributed by atoms with Crippen molar-refractivity contribution in [2.45, 2.75) is 26.8 Å².